The van der Waals surface area contributed by atoms with Crippen LogP contribution in [0.4, 0.5) is 8.78 Å². The second-order valence-corrected chi connectivity index (χ2v) is 5.05. The van der Waals surface area contributed by atoms with E-state index < -0.39 is 31.9 Å². The molecule has 14 heavy (non-hydrogen) atoms. The van der Waals surface area contributed by atoms with Gasteiger partial charge in [0, 0.05) is 5.56 Å². The maximum Gasteiger partial charge on any atom is 0.213 e. The van der Waals surface area contributed by atoms with Gasteiger partial charge in [-0.2, -0.15) is 0 Å². The van der Waals surface area contributed by atoms with Gasteiger partial charge in [0.2, 0.25) is 10.0 Å². The van der Waals surface area contributed by atoms with Crippen molar-refractivity contribution in [2.75, 3.05) is 0 Å². The maximum atomic E-state index is 13.2. The smallest absolute Gasteiger partial charge is 0.213 e. The van der Waals surface area contributed by atoms with E-state index in [0.29, 0.717) is 0 Å². The summed E-state index contributed by atoms with van der Waals surface area (Å²) in [5.74, 6) is -2.39. The molecule has 3 nitrogen and oxygen atoms in total. The molecule has 0 fully saturated rings. The number of nitrogens with two attached hydrogens (primary N) is 1. The van der Waals surface area contributed by atoms with Crippen LogP contribution in [-0.2, 0) is 15.8 Å². The van der Waals surface area contributed by atoms with Gasteiger partial charge in [-0.25, -0.2) is 22.3 Å². The highest BCUT2D eigenvalue weighted by atomic mass is 79.9. The van der Waals surface area contributed by atoms with Crippen LogP contribution in [-0.4, -0.2) is 8.42 Å². The van der Waals surface area contributed by atoms with Gasteiger partial charge in [-0.05, 0) is 22.0 Å². The fraction of sp³-hybridized carbons (Fsp3) is 0.143. The van der Waals surface area contributed by atoms with Gasteiger partial charge in [-0.1, -0.05) is 6.07 Å². The van der Waals surface area contributed by atoms with E-state index >= 15 is 0 Å². The summed E-state index contributed by atoms with van der Waals surface area (Å²) in [5, 5.41) is 4.72. The van der Waals surface area contributed by atoms with Gasteiger partial charge in [-0.3, -0.25) is 0 Å². The average Bonchev–Trinajstić information content (AvgIpc) is 2.04. The van der Waals surface area contributed by atoms with Crippen LogP contribution < -0.4 is 5.14 Å². The van der Waals surface area contributed by atoms with E-state index in [-0.39, 0.29) is 5.56 Å². The Kier molecular flexibility index (Phi) is 3.23. The summed E-state index contributed by atoms with van der Waals surface area (Å²) in [6.07, 6.45) is 0. The van der Waals surface area contributed by atoms with E-state index in [1.54, 1.807) is 0 Å². The minimum absolute atomic E-state index is 0.166. The highest BCUT2D eigenvalue weighted by Crippen LogP contribution is 2.23. The monoisotopic (exact) mass is 285 g/mol. The third-order valence-corrected chi connectivity index (χ3v) is 2.91. The van der Waals surface area contributed by atoms with Crippen molar-refractivity contribution in [2.24, 2.45) is 5.14 Å². The van der Waals surface area contributed by atoms with Crippen LogP contribution in [0.1, 0.15) is 5.56 Å². The van der Waals surface area contributed by atoms with Gasteiger partial charge >= 0.3 is 0 Å². The lowest BCUT2D eigenvalue weighted by Gasteiger charge is -2.03. The fourth-order valence-corrected chi connectivity index (χ4v) is 1.94. The summed E-state index contributed by atoms with van der Waals surface area (Å²) < 4.78 is 46.8. The van der Waals surface area contributed by atoms with Crippen molar-refractivity contribution >= 4 is 26.0 Å². The van der Waals surface area contributed by atoms with Crippen LogP contribution in [0, 0.1) is 11.6 Å². The summed E-state index contributed by atoms with van der Waals surface area (Å²) in [4.78, 5) is 0. The predicted molar refractivity (Wildman–Crippen MR) is 50.9 cm³/mol. The van der Waals surface area contributed by atoms with Crippen molar-refractivity contribution < 1.29 is 17.2 Å². The zero-order valence-electron chi connectivity index (χ0n) is 6.80. The number of benzene rings is 1. The highest BCUT2D eigenvalue weighted by Gasteiger charge is 2.14. The first kappa shape index (κ1) is 11.5. The molecule has 7 heteroatoms. The number of sulfonamides is 1. The van der Waals surface area contributed by atoms with Crippen molar-refractivity contribution in [3.05, 3.63) is 33.8 Å². The highest BCUT2D eigenvalue weighted by molar-refractivity contribution is 9.10. The van der Waals surface area contributed by atoms with Crippen LogP contribution in [0.3, 0.4) is 0 Å². The lowest BCUT2D eigenvalue weighted by Crippen LogP contribution is -2.15. The SMILES string of the molecule is NS(=O)(=O)Cc1ccc(F)c(Br)c1F. The molecule has 0 amide bonds. The van der Waals surface area contributed by atoms with Crippen molar-refractivity contribution in [1.29, 1.82) is 0 Å². The topological polar surface area (TPSA) is 60.2 Å². The lowest BCUT2D eigenvalue weighted by atomic mass is 10.2. The quantitative estimate of drug-likeness (QED) is 0.838. The van der Waals surface area contributed by atoms with E-state index in [4.69, 9.17) is 5.14 Å². The minimum Gasteiger partial charge on any atom is -0.228 e. The van der Waals surface area contributed by atoms with Crippen LogP contribution in [0.15, 0.2) is 16.6 Å². The van der Waals surface area contributed by atoms with E-state index in [1.807, 2.05) is 0 Å². The number of rotatable bonds is 2. The molecule has 1 aromatic rings. The van der Waals surface area contributed by atoms with Crippen molar-refractivity contribution in [3.8, 4) is 0 Å². The average molecular weight is 286 g/mol. The Balaban J connectivity index is 3.19. The fourth-order valence-electron chi connectivity index (χ4n) is 0.894. The summed E-state index contributed by atoms with van der Waals surface area (Å²) in [6, 6.07) is 2.01. The van der Waals surface area contributed by atoms with Gasteiger partial charge < -0.3 is 0 Å². The van der Waals surface area contributed by atoms with Crippen molar-refractivity contribution in [3.63, 3.8) is 0 Å². The predicted octanol–water partition coefficient (Wildman–Crippen LogP) is 1.52. The second kappa shape index (κ2) is 3.92. The standard InChI is InChI=1S/C7H6BrF2NO2S/c8-6-5(9)2-1-4(7(6)10)3-14(11,12)13/h1-2H,3H2,(H2,11,12,13). The normalized spacial score (nSPS) is 11.7. The summed E-state index contributed by atoms with van der Waals surface area (Å²) >= 11 is 2.65. The molecular formula is C7H6BrF2NO2S. The Bertz CT molecular complexity index is 461. The number of primary sulfonamides is 1. The number of hydrogen-bond acceptors (Lipinski definition) is 2. The molecule has 0 saturated carbocycles. The first-order valence-electron chi connectivity index (χ1n) is 3.44. The zero-order chi connectivity index (χ0) is 10.9. The molecule has 0 saturated heterocycles. The first-order valence-corrected chi connectivity index (χ1v) is 5.95. The van der Waals surface area contributed by atoms with Gasteiger partial charge in [0.15, 0.2) is 0 Å². The Labute approximate surface area is 88.1 Å². The molecule has 1 rings (SSSR count). The van der Waals surface area contributed by atoms with Gasteiger partial charge in [0.05, 0.1) is 10.2 Å². The van der Waals surface area contributed by atoms with E-state index in [1.165, 1.54) is 0 Å². The Hall–Kier alpha value is -0.530. The van der Waals surface area contributed by atoms with Gasteiger partial charge in [0.1, 0.15) is 11.6 Å². The van der Waals surface area contributed by atoms with E-state index in [2.05, 4.69) is 15.9 Å². The third-order valence-electron chi connectivity index (χ3n) is 1.47. The Morgan fingerprint density at radius 2 is 1.93 bits per heavy atom. The molecule has 0 atom stereocenters. The lowest BCUT2D eigenvalue weighted by molar-refractivity contribution is 0.560. The molecule has 0 bridgehead atoms. The van der Waals surface area contributed by atoms with Gasteiger partial charge in [-0.15, -0.1) is 0 Å². The summed E-state index contributed by atoms with van der Waals surface area (Å²) in [5.41, 5.74) is -0.166. The molecular weight excluding hydrogens is 280 g/mol. The molecule has 0 spiro atoms. The molecule has 0 radical (unpaired) electrons. The number of halogens is 3. The van der Waals surface area contributed by atoms with Gasteiger partial charge in [0.25, 0.3) is 0 Å². The van der Waals surface area contributed by atoms with Crippen molar-refractivity contribution in [1.82, 2.24) is 0 Å². The first-order chi connectivity index (χ1) is 6.31. The van der Waals surface area contributed by atoms with Crippen LogP contribution in [0.2, 0.25) is 0 Å². The largest absolute Gasteiger partial charge is 0.228 e. The molecule has 0 unspecified atom stereocenters. The molecule has 0 aliphatic heterocycles. The third kappa shape index (κ3) is 2.73. The maximum absolute atomic E-state index is 13.2. The molecule has 1 aromatic carbocycles. The molecule has 0 aromatic heterocycles. The molecule has 0 aliphatic rings. The van der Waals surface area contributed by atoms with E-state index in [9.17, 15) is 17.2 Å². The van der Waals surface area contributed by atoms with Crippen molar-refractivity contribution in [2.45, 2.75) is 5.75 Å². The molecule has 78 valence electrons. The summed E-state index contributed by atoms with van der Waals surface area (Å²) in [7, 11) is -3.81. The molecule has 2 N–H and O–H groups in total. The second-order valence-electron chi connectivity index (χ2n) is 2.64. The summed E-state index contributed by atoms with van der Waals surface area (Å²) in [6.45, 7) is 0. The van der Waals surface area contributed by atoms with Crippen LogP contribution in [0.25, 0.3) is 0 Å². The minimum atomic E-state index is -3.81. The molecule has 0 aliphatic carbocycles. The number of hydrogen-bond donors (Lipinski definition) is 1. The Morgan fingerprint density at radius 3 is 2.43 bits per heavy atom. The van der Waals surface area contributed by atoms with E-state index in [0.717, 1.165) is 12.1 Å². The van der Waals surface area contributed by atoms with Crippen LogP contribution >= 0.6 is 15.9 Å². The molecule has 0 heterocycles. The van der Waals surface area contributed by atoms with Crippen LogP contribution in [0.5, 0.6) is 0 Å². The Morgan fingerprint density at radius 1 is 1.36 bits per heavy atom. The zero-order valence-corrected chi connectivity index (χ0v) is 9.20.